The zero-order valence-corrected chi connectivity index (χ0v) is 10.8. The summed E-state index contributed by atoms with van der Waals surface area (Å²) in [6.45, 7) is 4.44. The smallest absolute Gasteiger partial charge is 0.123 e. The van der Waals surface area contributed by atoms with Gasteiger partial charge in [0.1, 0.15) is 5.82 Å². The molecule has 0 bridgehead atoms. The van der Waals surface area contributed by atoms with Crippen LogP contribution >= 0.6 is 11.8 Å². The van der Waals surface area contributed by atoms with Crippen molar-refractivity contribution in [1.29, 1.82) is 0 Å². The molecule has 1 aromatic heterocycles. The van der Waals surface area contributed by atoms with Crippen LogP contribution in [0, 0.1) is 0 Å². The predicted octanol–water partition coefficient (Wildman–Crippen LogP) is 2.07. The van der Waals surface area contributed by atoms with E-state index in [2.05, 4.69) is 18.8 Å². The Morgan fingerprint density at radius 1 is 1.50 bits per heavy atom. The number of nitrogens with two attached hydrogens (primary N) is 2. The summed E-state index contributed by atoms with van der Waals surface area (Å²) in [5.41, 5.74) is 12.9. The van der Waals surface area contributed by atoms with Crippen LogP contribution in [0.1, 0.15) is 25.8 Å². The van der Waals surface area contributed by atoms with Crippen molar-refractivity contribution < 1.29 is 0 Å². The van der Waals surface area contributed by atoms with Gasteiger partial charge in [0, 0.05) is 23.2 Å². The predicted molar refractivity (Wildman–Crippen MR) is 72.5 cm³/mol. The standard InChI is InChI=1S/C12H21N3S/c1-3-9(2)16-8-11(13)6-10-4-5-15-12(14)7-10/h4-5,7,9,11H,3,6,8,13H2,1-2H3,(H2,14,15). The van der Waals surface area contributed by atoms with Crippen LogP contribution < -0.4 is 11.5 Å². The van der Waals surface area contributed by atoms with Crippen molar-refractivity contribution in [2.45, 2.75) is 38.0 Å². The summed E-state index contributed by atoms with van der Waals surface area (Å²) in [7, 11) is 0. The molecule has 0 radical (unpaired) electrons. The lowest BCUT2D eigenvalue weighted by atomic mass is 10.1. The average molecular weight is 239 g/mol. The van der Waals surface area contributed by atoms with Gasteiger partial charge in [0.05, 0.1) is 0 Å². The van der Waals surface area contributed by atoms with E-state index in [9.17, 15) is 0 Å². The Hall–Kier alpha value is -0.740. The van der Waals surface area contributed by atoms with E-state index in [1.807, 2.05) is 23.9 Å². The molecule has 90 valence electrons. The summed E-state index contributed by atoms with van der Waals surface area (Å²) in [6.07, 6.45) is 3.80. The average Bonchev–Trinajstić information content (AvgIpc) is 2.26. The van der Waals surface area contributed by atoms with Crippen LogP contribution in [-0.2, 0) is 6.42 Å². The van der Waals surface area contributed by atoms with Crippen LogP contribution in [0.5, 0.6) is 0 Å². The second-order valence-electron chi connectivity index (χ2n) is 4.11. The third-order valence-electron chi connectivity index (χ3n) is 2.51. The molecule has 16 heavy (non-hydrogen) atoms. The van der Waals surface area contributed by atoms with Crippen molar-refractivity contribution in [3.05, 3.63) is 23.9 Å². The number of nitrogen functional groups attached to an aromatic ring is 1. The Morgan fingerprint density at radius 2 is 2.25 bits per heavy atom. The van der Waals surface area contributed by atoms with E-state index in [1.165, 1.54) is 12.0 Å². The fourth-order valence-electron chi connectivity index (χ4n) is 1.39. The molecule has 0 aliphatic rings. The van der Waals surface area contributed by atoms with E-state index in [-0.39, 0.29) is 6.04 Å². The molecule has 4 N–H and O–H groups in total. The van der Waals surface area contributed by atoms with Crippen molar-refractivity contribution in [3.63, 3.8) is 0 Å². The van der Waals surface area contributed by atoms with Crippen molar-refractivity contribution in [3.8, 4) is 0 Å². The first-order valence-corrected chi connectivity index (χ1v) is 6.74. The molecular weight excluding hydrogens is 218 g/mol. The second-order valence-corrected chi connectivity index (χ2v) is 5.58. The highest BCUT2D eigenvalue weighted by atomic mass is 32.2. The first kappa shape index (κ1) is 13.3. The molecule has 0 saturated carbocycles. The summed E-state index contributed by atoms with van der Waals surface area (Å²) >= 11 is 1.94. The maximum atomic E-state index is 6.08. The first-order chi connectivity index (χ1) is 7.61. The fraction of sp³-hybridized carbons (Fsp3) is 0.583. The molecule has 0 aliphatic heterocycles. The Labute approximate surface area is 102 Å². The lowest BCUT2D eigenvalue weighted by Gasteiger charge is -2.14. The Bertz CT molecular complexity index is 317. The fourth-order valence-corrected chi connectivity index (χ4v) is 2.32. The zero-order chi connectivity index (χ0) is 12.0. The van der Waals surface area contributed by atoms with Crippen LogP contribution in [0.25, 0.3) is 0 Å². The van der Waals surface area contributed by atoms with Gasteiger partial charge in [-0.05, 0) is 30.5 Å². The molecule has 0 fully saturated rings. The molecule has 0 spiro atoms. The third kappa shape index (κ3) is 4.86. The van der Waals surface area contributed by atoms with Gasteiger partial charge in [0.25, 0.3) is 0 Å². The highest BCUT2D eigenvalue weighted by Gasteiger charge is 2.07. The maximum absolute atomic E-state index is 6.08. The Morgan fingerprint density at radius 3 is 2.88 bits per heavy atom. The number of nitrogens with zero attached hydrogens (tertiary/aromatic N) is 1. The number of hydrogen-bond acceptors (Lipinski definition) is 4. The van der Waals surface area contributed by atoms with E-state index in [0.29, 0.717) is 11.1 Å². The van der Waals surface area contributed by atoms with Gasteiger partial charge in [-0.15, -0.1) is 0 Å². The van der Waals surface area contributed by atoms with Crippen LogP contribution in [0.2, 0.25) is 0 Å². The third-order valence-corrected chi connectivity index (χ3v) is 4.04. The number of aromatic nitrogens is 1. The van der Waals surface area contributed by atoms with Crippen molar-refractivity contribution in [2.75, 3.05) is 11.5 Å². The second kappa shape index (κ2) is 6.76. The molecule has 1 aromatic rings. The maximum Gasteiger partial charge on any atom is 0.123 e. The van der Waals surface area contributed by atoms with Gasteiger partial charge in [0.15, 0.2) is 0 Å². The minimum Gasteiger partial charge on any atom is -0.384 e. The molecule has 0 aliphatic carbocycles. The van der Waals surface area contributed by atoms with Crippen LogP contribution in [0.15, 0.2) is 18.3 Å². The van der Waals surface area contributed by atoms with E-state index in [0.717, 1.165) is 12.2 Å². The lowest BCUT2D eigenvalue weighted by molar-refractivity contribution is 0.744. The van der Waals surface area contributed by atoms with Crippen LogP contribution in [0.3, 0.4) is 0 Å². The van der Waals surface area contributed by atoms with Crippen molar-refractivity contribution in [1.82, 2.24) is 4.98 Å². The van der Waals surface area contributed by atoms with E-state index < -0.39 is 0 Å². The lowest BCUT2D eigenvalue weighted by Crippen LogP contribution is -2.26. The quantitative estimate of drug-likeness (QED) is 0.797. The highest BCUT2D eigenvalue weighted by Crippen LogP contribution is 2.15. The summed E-state index contributed by atoms with van der Waals surface area (Å²) in [5, 5.41) is 0.688. The number of thioether (sulfide) groups is 1. The Balaban J connectivity index is 2.36. The molecule has 0 aromatic carbocycles. The zero-order valence-electron chi connectivity index (χ0n) is 10.0. The van der Waals surface area contributed by atoms with Crippen LogP contribution in [-0.4, -0.2) is 22.0 Å². The van der Waals surface area contributed by atoms with E-state index >= 15 is 0 Å². The normalized spacial score (nSPS) is 14.7. The van der Waals surface area contributed by atoms with Gasteiger partial charge < -0.3 is 11.5 Å². The van der Waals surface area contributed by atoms with Gasteiger partial charge in [-0.1, -0.05) is 13.8 Å². The Kier molecular flexibility index (Phi) is 5.63. The molecule has 3 nitrogen and oxygen atoms in total. The number of rotatable bonds is 6. The van der Waals surface area contributed by atoms with Gasteiger partial charge in [-0.2, -0.15) is 11.8 Å². The number of anilines is 1. The number of hydrogen-bond donors (Lipinski definition) is 2. The minimum atomic E-state index is 0.195. The topological polar surface area (TPSA) is 64.9 Å². The SMILES string of the molecule is CCC(C)SCC(N)Cc1ccnc(N)c1. The van der Waals surface area contributed by atoms with Crippen molar-refractivity contribution >= 4 is 17.6 Å². The summed E-state index contributed by atoms with van der Waals surface area (Å²) in [5.74, 6) is 1.57. The molecule has 2 atom stereocenters. The summed E-state index contributed by atoms with van der Waals surface area (Å²) < 4.78 is 0. The summed E-state index contributed by atoms with van der Waals surface area (Å²) in [4.78, 5) is 3.97. The van der Waals surface area contributed by atoms with Crippen LogP contribution in [0.4, 0.5) is 5.82 Å². The monoisotopic (exact) mass is 239 g/mol. The van der Waals surface area contributed by atoms with Gasteiger partial charge in [0.2, 0.25) is 0 Å². The molecule has 0 saturated heterocycles. The molecule has 0 amide bonds. The summed E-state index contributed by atoms with van der Waals surface area (Å²) in [6, 6.07) is 4.07. The van der Waals surface area contributed by atoms with Crippen molar-refractivity contribution in [2.24, 2.45) is 5.73 Å². The molecule has 2 unspecified atom stereocenters. The van der Waals surface area contributed by atoms with Gasteiger partial charge in [-0.25, -0.2) is 4.98 Å². The van der Waals surface area contributed by atoms with Gasteiger partial charge >= 0.3 is 0 Å². The van der Waals surface area contributed by atoms with E-state index in [4.69, 9.17) is 11.5 Å². The first-order valence-electron chi connectivity index (χ1n) is 5.69. The highest BCUT2D eigenvalue weighted by molar-refractivity contribution is 7.99. The van der Waals surface area contributed by atoms with Gasteiger partial charge in [-0.3, -0.25) is 0 Å². The minimum absolute atomic E-state index is 0.195. The molecular formula is C12H21N3S. The molecule has 1 rings (SSSR count). The largest absolute Gasteiger partial charge is 0.384 e. The van der Waals surface area contributed by atoms with E-state index in [1.54, 1.807) is 6.20 Å². The molecule has 4 heteroatoms. The number of pyridine rings is 1. The molecule has 1 heterocycles.